The van der Waals surface area contributed by atoms with E-state index in [0.29, 0.717) is 25.1 Å². The molecule has 150 valence electrons. The highest BCUT2D eigenvalue weighted by atomic mass is 19.1. The maximum absolute atomic E-state index is 13.6. The van der Waals surface area contributed by atoms with Crippen LogP contribution in [0.2, 0.25) is 0 Å². The zero-order chi connectivity index (χ0) is 20.6. The number of aromatic nitrogens is 1. The second kappa shape index (κ2) is 7.39. The molecule has 2 aliphatic rings. The Morgan fingerprint density at radius 1 is 1.24 bits per heavy atom. The van der Waals surface area contributed by atoms with Crippen LogP contribution in [-0.4, -0.2) is 35.2 Å². The first-order valence-electron chi connectivity index (χ1n) is 9.70. The van der Waals surface area contributed by atoms with Crippen LogP contribution in [0.4, 0.5) is 10.1 Å². The summed E-state index contributed by atoms with van der Waals surface area (Å²) in [6, 6.07) is 10.6. The van der Waals surface area contributed by atoms with Crippen LogP contribution in [0.1, 0.15) is 41.9 Å². The molecule has 1 aliphatic carbocycles. The number of benzene rings is 1. The van der Waals surface area contributed by atoms with Crippen molar-refractivity contribution in [3.63, 3.8) is 0 Å². The number of anilines is 1. The van der Waals surface area contributed by atoms with E-state index in [1.807, 2.05) is 0 Å². The summed E-state index contributed by atoms with van der Waals surface area (Å²) in [5.74, 6) is -0.986. The quantitative estimate of drug-likeness (QED) is 0.867. The van der Waals surface area contributed by atoms with Gasteiger partial charge in [0.1, 0.15) is 17.3 Å². The average molecular weight is 395 g/mol. The van der Waals surface area contributed by atoms with E-state index < -0.39 is 17.3 Å². The van der Waals surface area contributed by atoms with Crippen LogP contribution in [0.5, 0.6) is 0 Å². The van der Waals surface area contributed by atoms with E-state index in [1.54, 1.807) is 42.2 Å². The molecule has 1 saturated carbocycles. The topological polar surface area (TPSA) is 79.4 Å². The average Bonchev–Trinajstić information content (AvgIpc) is 2.96. The summed E-state index contributed by atoms with van der Waals surface area (Å²) >= 11 is 0. The molecule has 2 atom stereocenters. The van der Waals surface area contributed by atoms with Crippen molar-refractivity contribution in [1.82, 2.24) is 10.3 Å². The molecule has 1 aromatic heterocycles. The van der Waals surface area contributed by atoms with E-state index in [0.717, 1.165) is 5.69 Å². The van der Waals surface area contributed by atoms with Gasteiger partial charge < -0.3 is 10.2 Å². The Morgan fingerprint density at radius 2 is 2.03 bits per heavy atom. The molecule has 0 radical (unpaired) electrons. The molecule has 2 fully saturated rings. The van der Waals surface area contributed by atoms with Gasteiger partial charge in [-0.1, -0.05) is 12.1 Å². The summed E-state index contributed by atoms with van der Waals surface area (Å²) in [6.45, 7) is 2.23. The Labute approximate surface area is 168 Å². The number of ketones is 1. The van der Waals surface area contributed by atoms with Crippen molar-refractivity contribution in [3.8, 4) is 0 Å². The molecule has 6 nitrogen and oxygen atoms in total. The van der Waals surface area contributed by atoms with Gasteiger partial charge in [-0.3, -0.25) is 14.4 Å². The van der Waals surface area contributed by atoms with Crippen LogP contribution in [0.3, 0.4) is 0 Å². The molecular formula is C22H22FN3O3. The summed E-state index contributed by atoms with van der Waals surface area (Å²) in [4.78, 5) is 44.0. The van der Waals surface area contributed by atoms with Crippen LogP contribution in [0.15, 0.2) is 42.5 Å². The molecule has 0 bridgehead atoms. The van der Waals surface area contributed by atoms with Gasteiger partial charge in [-0.15, -0.1) is 0 Å². The lowest BCUT2D eigenvalue weighted by Gasteiger charge is -2.36. The minimum atomic E-state index is -0.848. The molecule has 29 heavy (non-hydrogen) atoms. The fourth-order valence-corrected chi connectivity index (χ4v) is 4.44. The molecule has 1 aliphatic heterocycles. The van der Waals surface area contributed by atoms with Crippen molar-refractivity contribution in [3.05, 3.63) is 59.7 Å². The first-order valence-corrected chi connectivity index (χ1v) is 9.70. The van der Waals surface area contributed by atoms with E-state index in [4.69, 9.17) is 0 Å². The van der Waals surface area contributed by atoms with Crippen LogP contribution in [0, 0.1) is 18.2 Å². The van der Waals surface area contributed by atoms with Crippen LogP contribution < -0.4 is 10.2 Å². The zero-order valence-electron chi connectivity index (χ0n) is 16.2. The summed E-state index contributed by atoms with van der Waals surface area (Å²) in [7, 11) is 0. The van der Waals surface area contributed by atoms with E-state index in [1.165, 1.54) is 12.1 Å². The number of aryl methyl sites for hydroxylation is 1. The van der Waals surface area contributed by atoms with Crippen molar-refractivity contribution in [2.45, 2.75) is 38.6 Å². The van der Waals surface area contributed by atoms with Gasteiger partial charge in [0.05, 0.1) is 5.41 Å². The molecule has 1 N–H and O–H groups in total. The number of Topliss-reactive ketones (excluding diaryl/α,β-unsaturated/α-hetero) is 1. The first-order chi connectivity index (χ1) is 13.9. The third-order valence-electron chi connectivity index (χ3n) is 5.74. The van der Waals surface area contributed by atoms with Crippen molar-refractivity contribution in [2.75, 3.05) is 11.4 Å². The lowest BCUT2D eigenvalue weighted by atomic mass is 9.70. The summed E-state index contributed by atoms with van der Waals surface area (Å²) in [5, 5.41) is 2.88. The van der Waals surface area contributed by atoms with Crippen LogP contribution in [0.25, 0.3) is 0 Å². The van der Waals surface area contributed by atoms with Gasteiger partial charge >= 0.3 is 0 Å². The van der Waals surface area contributed by atoms with Crippen molar-refractivity contribution in [2.24, 2.45) is 5.41 Å². The molecule has 2 aromatic rings. The summed E-state index contributed by atoms with van der Waals surface area (Å²) < 4.78 is 13.6. The van der Waals surface area contributed by atoms with Gasteiger partial charge in [0.2, 0.25) is 5.91 Å². The normalized spacial score (nSPS) is 24.2. The first kappa shape index (κ1) is 19.2. The Morgan fingerprint density at radius 3 is 2.79 bits per heavy atom. The van der Waals surface area contributed by atoms with Gasteiger partial charge in [0.15, 0.2) is 0 Å². The lowest BCUT2D eigenvalue weighted by molar-refractivity contribution is -0.135. The van der Waals surface area contributed by atoms with E-state index in [2.05, 4.69) is 10.3 Å². The second-order valence-electron chi connectivity index (χ2n) is 7.93. The molecule has 4 rings (SSSR count). The standard InChI is InChI=1S/C22H22FN3O3/c1-14-4-2-7-19(24-14)20(28)25-16-11-18(27)13-22(12-16)8-9-26(21(22)29)17-6-3-5-15(23)10-17/h2-7,10,16H,8-9,11-13H2,1H3,(H,25,28)/t16-,22-/m0/s1. The SMILES string of the molecule is Cc1cccc(C(=O)N[C@H]2CC(=O)C[C@]3(CCN(c4cccc(F)c4)C3=O)C2)n1. The Bertz CT molecular complexity index is 993. The second-order valence-corrected chi connectivity index (χ2v) is 7.93. The predicted molar refractivity (Wildman–Crippen MR) is 105 cm³/mol. The Kier molecular flexibility index (Phi) is 4.90. The molecule has 0 unspecified atom stereocenters. The predicted octanol–water partition coefficient (Wildman–Crippen LogP) is 2.80. The van der Waals surface area contributed by atoms with E-state index in [-0.39, 0.29) is 36.1 Å². The minimum absolute atomic E-state index is 0.0480. The molecule has 2 amide bonds. The number of hydrogen-bond donors (Lipinski definition) is 1. The van der Waals surface area contributed by atoms with Crippen molar-refractivity contribution >= 4 is 23.3 Å². The van der Waals surface area contributed by atoms with Crippen LogP contribution in [-0.2, 0) is 9.59 Å². The highest BCUT2D eigenvalue weighted by Crippen LogP contribution is 2.45. The number of amides is 2. The highest BCUT2D eigenvalue weighted by molar-refractivity contribution is 6.03. The van der Waals surface area contributed by atoms with Gasteiger partial charge in [-0.25, -0.2) is 9.37 Å². The summed E-state index contributed by atoms with van der Waals surface area (Å²) in [6.07, 6.45) is 1.25. The van der Waals surface area contributed by atoms with Gasteiger partial charge in [0, 0.05) is 36.8 Å². The van der Waals surface area contributed by atoms with Gasteiger partial charge in [-0.2, -0.15) is 0 Å². The molecule has 1 aromatic carbocycles. The monoisotopic (exact) mass is 395 g/mol. The number of carbonyl (C=O) groups excluding carboxylic acids is 3. The number of hydrogen-bond acceptors (Lipinski definition) is 4. The number of halogens is 1. The molecule has 1 saturated heterocycles. The van der Waals surface area contributed by atoms with E-state index >= 15 is 0 Å². The number of rotatable bonds is 3. The third kappa shape index (κ3) is 3.77. The smallest absolute Gasteiger partial charge is 0.270 e. The Balaban J connectivity index is 1.52. The molecule has 7 heteroatoms. The van der Waals surface area contributed by atoms with Crippen molar-refractivity contribution < 1.29 is 18.8 Å². The number of nitrogens with zero attached hydrogens (tertiary/aromatic N) is 2. The van der Waals surface area contributed by atoms with Gasteiger partial charge in [0.25, 0.3) is 5.91 Å². The fraction of sp³-hybridized carbons (Fsp3) is 0.364. The number of nitrogens with one attached hydrogen (secondary N) is 1. The van der Waals surface area contributed by atoms with Crippen LogP contribution >= 0.6 is 0 Å². The van der Waals surface area contributed by atoms with Crippen molar-refractivity contribution in [1.29, 1.82) is 0 Å². The van der Waals surface area contributed by atoms with E-state index in [9.17, 15) is 18.8 Å². The lowest BCUT2D eigenvalue weighted by Crippen LogP contribution is -2.48. The minimum Gasteiger partial charge on any atom is -0.347 e. The molecular weight excluding hydrogens is 373 g/mol. The maximum atomic E-state index is 13.6. The molecule has 2 heterocycles. The third-order valence-corrected chi connectivity index (χ3v) is 5.74. The summed E-state index contributed by atoms with van der Waals surface area (Å²) in [5.41, 5.74) is 0.663. The largest absolute Gasteiger partial charge is 0.347 e. The highest BCUT2D eigenvalue weighted by Gasteiger charge is 2.52. The Hall–Kier alpha value is -3.09. The van der Waals surface area contributed by atoms with Gasteiger partial charge in [-0.05, 0) is 50.1 Å². The number of pyridine rings is 1. The fourth-order valence-electron chi connectivity index (χ4n) is 4.44. The maximum Gasteiger partial charge on any atom is 0.270 e. The number of carbonyl (C=O) groups is 3. The molecule has 1 spiro atoms. The zero-order valence-corrected chi connectivity index (χ0v) is 16.2.